The molecule has 1 aromatic rings. The van der Waals surface area contributed by atoms with Crippen molar-refractivity contribution in [2.75, 3.05) is 33.7 Å². The van der Waals surface area contributed by atoms with Gasteiger partial charge in [-0.15, -0.1) is 36.2 Å². The molecule has 0 amide bonds. The zero-order chi connectivity index (χ0) is 16.3. The summed E-state index contributed by atoms with van der Waals surface area (Å²) in [6, 6.07) is 4.78. The Kier molecular flexibility index (Phi) is 15.4. The highest BCUT2D eigenvalue weighted by Gasteiger charge is 2.14. The smallest absolute Gasteiger partial charge is 0.00509 e. The zero-order valence-electron chi connectivity index (χ0n) is 16.1. The van der Waals surface area contributed by atoms with E-state index in [0.29, 0.717) is 0 Å². The summed E-state index contributed by atoms with van der Waals surface area (Å²) in [6.07, 6.45) is 13.7. The van der Waals surface area contributed by atoms with Crippen molar-refractivity contribution < 1.29 is 0 Å². The minimum Gasteiger partial charge on any atom is -0.317 e. The highest BCUT2D eigenvalue weighted by molar-refractivity contribution is 7.11. The Morgan fingerprint density at radius 1 is 0.920 bits per heavy atom. The van der Waals surface area contributed by atoms with Crippen LogP contribution in [0.5, 0.6) is 0 Å². The van der Waals surface area contributed by atoms with Crippen molar-refractivity contribution in [3.8, 4) is 0 Å². The summed E-state index contributed by atoms with van der Waals surface area (Å²) in [6.45, 7) is 3.68. The van der Waals surface area contributed by atoms with Gasteiger partial charge < -0.3 is 10.2 Å². The van der Waals surface area contributed by atoms with Gasteiger partial charge in [0.2, 0.25) is 0 Å². The van der Waals surface area contributed by atoms with Gasteiger partial charge in [-0.3, -0.25) is 0 Å². The molecule has 0 bridgehead atoms. The molecule has 1 aromatic heterocycles. The van der Waals surface area contributed by atoms with Crippen molar-refractivity contribution in [3.05, 3.63) is 21.9 Å². The van der Waals surface area contributed by atoms with E-state index in [2.05, 4.69) is 47.8 Å². The Labute approximate surface area is 172 Å². The van der Waals surface area contributed by atoms with Gasteiger partial charge in [-0.1, -0.05) is 25.7 Å². The third-order valence-electron chi connectivity index (χ3n) is 4.94. The number of thiophene rings is 1. The Morgan fingerprint density at radius 3 is 2.20 bits per heavy atom. The Morgan fingerprint density at radius 2 is 1.52 bits per heavy atom. The predicted molar refractivity (Wildman–Crippen MR) is 118 cm³/mol. The summed E-state index contributed by atoms with van der Waals surface area (Å²) < 4.78 is 0. The maximum atomic E-state index is 3.46. The molecule has 2 rings (SSSR count). The van der Waals surface area contributed by atoms with Gasteiger partial charge in [0.25, 0.3) is 0 Å². The van der Waals surface area contributed by atoms with Gasteiger partial charge in [0.1, 0.15) is 0 Å². The first-order valence-electron chi connectivity index (χ1n) is 9.67. The molecule has 25 heavy (non-hydrogen) atoms. The van der Waals surface area contributed by atoms with Crippen molar-refractivity contribution in [2.45, 2.75) is 64.2 Å². The molecule has 2 nitrogen and oxygen atoms in total. The normalized spacial score (nSPS) is 15.0. The van der Waals surface area contributed by atoms with Crippen LogP contribution in [0.4, 0.5) is 0 Å². The molecule has 0 spiro atoms. The summed E-state index contributed by atoms with van der Waals surface area (Å²) in [5, 5.41) is 3.46. The number of aryl methyl sites for hydroxylation is 1. The lowest BCUT2D eigenvalue weighted by Gasteiger charge is -2.21. The highest BCUT2D eigenvalue weighted by Crippen LogP contribution is 2.25. The molecule has 1 N–H and O–H groups in total. The molecule has 1 aliphatic rings. The monoisotopic (exact) mass is 408 g/mol. The number of nitrogens with zero attached hydrogens (tertiary/aromatic N) is 1. The molecule has 5 heteroatoms. The van der Waals surface area contributed by atoms with Crippen LogP contribution in [0.25, 0.3) is 0 Å². The Bertz CT molecular complexity index is 418. The molecule has 0 radical (unpaired) electrons. The Hall–Kier alpha value is 0.200. The molecule has 0 atom stereocenters. The number of halogens is 2. The van der Waals surface area contributed by atoms with Gasteiger partial charge in [-0.2, -0.15) is 0 Å². The lowest BCUT2D eigenvalue weighted by Crippen LogP contribution is -2.28. The van der Waals surface area contributed by atoms with Crippen LogP contribution in [0.15, 0.2) is 12.1 Å². The second-order valence-electron chi connectivity index (χ2n) is 7.44. The van der Waals surface area contributed by atoms with E-state index < -0.39 is 0 Å². The molecule has 1 saturated heterocycles. The molecular weight excluding hydrogens is 371 g/mol. The summed E-state index contributed by atoms with van der Waals surface area (Å²) >= 11 is 2.08. The summed E-state index contributed by atoms with van der Waals surface area (Å²) in [4.78, 5) is 5.52. The minimum absolute atomic E-state index is 0. The second-order valence-corrected chi connectivity index (χ2v) is 8.69. The largest absolute Gasteiger partial charge is 0.317 e. The van der Waals surface area contributed by atoms with Crippen molar-refractivity contribution in [3.63, 3.8) is 0 Å². The van der Waals surface area contributed by atoms with Crippen LogP contribution in [0.2, 0.25) is 0 Å². The van der Waals surface area contributed by atoms with Gasteiger partial charge in [-0.25, -0.2) is 0 Å². The van der Waals surface area contributed by atoms with Crippen LogP contribution in [0, 0.1) is 5.92 Å². The van der Waals surface area contributed by atoms with Gasteiger partial charge >= 0.3 is 0 Å². The quantitative estimate of drug-likeness (QED) is 0.480. The molecule has 2 heterocycles. The van der Waals surface area contributed by atoms with Crippen LogP contribution in [0.3, 0.4) is 0 Å². The molecule has 0 aromatic carbocycles. The van der Waals surface area contributed by atoms with Gasteiger partial charge in [0.05, 0.1) is 0 Å². The first-order chi connectivity index (χ1) is 11.2. The molecular formula is C20H38Cl2N2S. The molecule has 0 aliphatic carbocycles. The first-order valence-corrected chi connectivity index (χ1v) is 10.5. The number of hydrogen-bond donors (Lipinski definition) is 1. The molecule has 1 fully saturated rings. The number of unbranched alkanes of at least 4 members (excludes halogenated alkanes) is 5. The lowest BCUT2D eigenvalue weighted by atomic mass is 9.94. The fourth-order valence-electron chi connectivity index (χ4n) is 3.47. The van der Waals surface area contributed by atoms with E-state index in [1.807, 2.05) is 0 Å². The second kappa shape index (κ2) is 15.3. The summed E-state index contributed by atoms with van der Waals surface area (Å²) in [7, 11) is 4.33. The molecule has 148 valence electrons. The number of hydrogen-bond acceptors (Lipinski definition) is 3. The fourth-order valence-corrected chi connectivity index (χ4v) is 4.65. The lowest BCUT2D eigenvalue weighted by molar-refractivity contribution is 0.374. The van der Waals surface area contributed by atoms with Crippen LogP contribution in [-0.2, 0) is 12.8 Å². The minimum atomic E-state index is 0. The van der Waals surface area contributed by atoms with Crippen molar-refractivity contribution in [2.24, 2.45) is 5.92 Å². The van der Waals surface area contributed by atoms with Crippen LogP contribution in [0.1, 0.15) is 61.1 Å². The Balaban J connectivity index is 0.00000288. The SMILES string of the molecule is CN(C)CCCCCCCCc1ccc(CC2CCNCC2)s1.Cl.Cl. The van der Waals surface area contributed by atoms with Gasteiger partial charge in [0, 0.05) is 9.75 Å². The zero-order valence-corrected chi connectivity index (χ0v) is 18.5. The molecule has 0 unspecified atom stereocenters. The highest BCUT2D eigenvalue weighted by atomic mass is 35.5. The van der Waals surface area contributed by atoms with Gasteiger partial charge in [0.15, 0.2) is 0 Å². The maximum Gasteiger partial charge on any atom is 0.00509 e. The maximum absolute atomic E-state index is 3.46. The third kappa shape index (κ3) is 11.5. The van der Waals surface area contributed by atoms with E-state index in [0.717, 1.165) is 5.92 Å². The molecule has 0 saturated carbocycles. The number of nitrogens with one attached hydrogen (secondary N) is 1. The number of rotatable bonds is 11. The third-order valence-corrected chi connectivity index (χ3v) is 6.11. The van der Waals surface area contributed by atoms with E-state index >= 15 is 0 Å². The van der Waals surface area contributed by atoms with Crippen LogP contribution in [-0.4, -0.2) is 38.6 Å². The molecule has 1 aliphatic heterocycles. The van der Waals surface area contributed by atoms with E-state index in [4.69, 9.17) is 0 Å². The van der Waals surface area contributed by atoms with Gasteiger partial charge in [-0.05, 0) is 90.3 Å². The van der Waals surface area contributed by atoms with Crippen LogP contribution >= 0.6 is 36.2 Å². The fraction of sp³-hybridized carbons (Fsp3) is 0.800. The van der Waals surface area contributed by atoms with Crippen LogP contribution < -0.4 is 5.32 Å². The van der Waals surface area contributed by atoms with Crippen molar-refractivity contribution in [1.82, 2.24) is 10.2 Å². The standard InChI is InChI=1S/C20H36N2S.2ClH/c1-22(2)16-8-6-4-3-5-7-9-19-10-11-20(23-19)17-18-12-14-21-15-13-18;;/h10-11,18,21H,3-9,12-17H2,1-2H3;2*1H. The number of piperidine rings is 1. The van der Waals surface area contributed by atoms with Crippen molar-refractivity contribution >= 4 is 36.2 Å². The van der Waals surface area contributed by atoms with E-state index in [1.54, 1.807) is 9.75 Å². The average Bonchev–Trinajstić information content (AvgIpc) is 2.98. The topological polar surface area (TPSA) is 15.3 Å². The van der Waals surface area contributed by atoms with E-state index in [-0.39, 0.29) is 24.8 Å². The van der Waals surface area contributed by atoms with Crippen molar-refractivity contribution in [1.29, 1.82) is 0 Å². The van der Waals surface area contributed by atoms with E-state index in [9.17, 15) is 0 Å². The predicted octanol–water partition coefficient (Wildman–Crippen LogP) is 5.58. The average molecular weight is 410 g/mol. The summed E-state index contributed by atoms with van der Waals surface area (Å²) in [5.41, 5.74) is 0. The first kappa shape index (κ1) is 25.2. The summed E-state index contributed by atoms with van der Waals surface area (Å²) in [5.74, 6) is 0.921. The van der Waals surface area contributed by atoms with E-state index in [1.165, 1.54) is 83.8 Å².